The highest BCUT2D eigenvalue weighted by atomic mass is 32.2. The van der Waals surface area contributed by atoms with Crippen LogP contribution in [0.25, 0.3) is 21.9 Å². The molecule has 1 saturated carbocycles. The molecule has 2 aromatic carbocycles. The van der Waals surface area contributed by atoms with E-state index in [9.17, 15) is 22.0 Å². The average Bonchev–Trinajstić information content (AvgIpc) is 3.36. The Bertz CT molecular complexity index is 1860. The van der Waals surface area contributed by atoms with E-state index in [1.165, 1.54) is 16.8 Å². The minimum absolute atomic E-state index is 0.247. The smallest absolute Gasteiger partial charge is 0.271 e. The first-order valence-electron chi connectivity index (χ1n) is 12.3. The van der Waals surface area contributed by atoms with Crippen LogP contribution in [-0.2, 0) is 9.84 Å². The normalized spacial score (nSPS) is 14.8. The lowest BCUT2D eigenvalue weighted by atomic mass is 9.95. The van der Waals surface area contributed by atoms with Crippen LogP contribution in [-0.4, -0.2) is 27.9 Å². The van der Waals surface area contributed by atoms with Crippen molar-refractivity contribution < 1.29 is 17.2 Å². The lowest BCUT2D eigenvalue weighted by molar-refractivity contribution is 0.350. The Hall–Kier alpha value is -4.12. The molecule has 3 heterocycles. The average molecular weight is 536 g/mol. The second-order valence-electron chi connectivity index (χ2n) is 9.43. The molecule has 0 unspecified atom stereocenters. The molecule has 0 bridgehead atoms. The maximum absolute atomic E-state index is 14.5. The third kappa shape index (κ3) is 4.22. The molecule has 1 fully saturated rings. The highest BCUT2D eigenvalue weighted by molar-refractivity contribution is 7.91. The number of halogens is 2. The van der Waals surface area contributed by atoms with E-state index in [1.54, 1.807) is 0 Å². The molecule has 0 atom stereocenters. The number of hydrogen-bond donors (Lipinski definition) is 2. The fraction of sp³-hybridized carbons (Fsp3) is 0.222. The molecule has 6 rings (SSSR count). The number of pyridine rings is 1. The molecule has 3 aromatic heterocycles. The summed E-state index contributed by atoms with van der Waals surface area (Å²) in [7, 11) is -4.59. The van der Waals surface area contributed by atoms with Crippen molar-refractivity contribution in [2.45, 2.75) is 47.9 Å². The summed E-state index contributed by atoms with van der Waals surface area (Å²) in [5.41, 5.74) is 1.23. The van der Waals surface area contributed by atoms with Gasteiger partial charge in [0.05, 0.1) is 0 Å². The number of nitrogens with zero attached hydrogens (tertiary/aromatic N) is 3. The Morgan fingerprint density at radius 1 is 0.947 bits per heavy atom. The molecule has 8 nitrogen and oxygen atoms in total. The van der Waals surface area contributed by atoms with E-state index in [4.69, 9.17) is 0 Å². The third-order valence-electron chi connectivity index (χ3n) is 6.96. The molecule has 0 amide bonds. The van der Waals surface area contributed by atoms with E-state index in [2.05, 4.69) is 20.3 Å². The molecular formula is C27H23F2N5O3S. The molecule has 0 spiro atoms. The molecule has 0 radical (unpaired) electrons. The summed E-state index contributed by atoms with van der Waals surface area (Å²) in [6.07, 6.45) is 7.43. The zero-order valence-electron chi connectivity index (χ0n) is 20.1. The maximum Gasteiger partial charge on any atom is 0.271 e. The Kier molecular flexibility index (Phi) is 5.94. The van der Waals surface area contributed by atoms with Crippen LogP contribution in [0.15, 0.2) is 75.5 Å². The van der Waals surface area contributed by atoms with Crippen molar-refractivity contribution in [3.8, 4) is 0 Å². The van der Waals surface area contributed by atoms with Gasteiger partial charge < -0.3 is 10.3 Å². The Morgan fingerprint density at radius 3 is 2.55 bits per heavy atom. The minimum Gasteiger partial charge on any atom is -0.361 e. The lowest BCUT2D eigenvalue weighted by Gasteiger charge is -2.25. The predicted octanol–water partition coefficient (Wildman–Crippen LogP) is 5.63. The van der Waals surface area contributed by atoms with Gasteiger partial charge in [0.2, 0.25) is 15.8 Å². The van der Waals surface area contributed by atoms with Gasteiger partial charge in [-0.05, 0) is 55.3 Å². The van der Waals surface area contributed by atoms with Crippen molar-refractivity contribution in [3.05, 3.63) is 82.9 Å². The van der Waals surface area contributed by atoms with Crippen molar-refractivity contribution in [2.24, 2.45) is 0 Å². The fourth-order valence-electron chi connectivity index (χ4n) is 5.10. The minimum atomic E-state index is -4.59. The zero-order valence-corrected chi connectivity index (χ0v) is 20.9. The number of aromatic nitrogens is 4. The van der Waals surface area contributed by atoms with Gasteiger partial charge in [0.15, 0.2) is 0 Å². The Balaban J connectivity index is 1.51. The summed E-state index contributed by atoms with van der Waals surface area (Å²) in [4.78, 5) is 24.5. The first-order chi connectivity index (χ1) is 18.3. The summed E-state index contributed by atoms with van der Waals surface area (Å²) in [6.45, 7) is 0. The summed E-state index contributed by atoms with van der Waals surface area (Å²) >= 11 is 0. The van der Waals surface area contributed by atoms with Gasteiger partial charge in [0.1, 0.15) is 27.1 Å². The number of fused-ring (bicyclic) bond motifs is 2. The van der Waals surface area contributed by atoms with Gasteiger partial charge in [-0.15, -0.1) is 0 Å². The van der Waals surface area contributed by atoms with Crippen LogP contribution in [0.4, 0.5) is 20.4 Å². The second-order valence-corrected chi connectivity index (χ2v) is 11.3. The van der Waals surface area contributed by atoms with Gasteiger partial charge in [-0.3, -0.25) is 9.36 Å². The SMILES string of the molecule is O=c1c(S(=O)(=O)c2ccc(F)cc2F)cc2cnc(Nc3ccc4[nH]ccc4c3)nc2n1C1CCCCC1. The quantitative estimate of drug-likeness (QED) is 0.282. The molecule has 38 heavy (non-hydrogen) atoms. The zero-order chi connectivity index (χ0) is 26.4. The molecule has 2 N–H and O–H groups in total. The van der Waals surface area contributed by atoms with Crippen LogP contribution in [0.3, 0.4) is 0 Å². The number of sulfone groups is 1. The van der Waals surface area contributed by atoms with E-state index in [1.807, 2.05) is 30.5 Å². The van der Waals surface area contributed by atoms with Crippen LogP contribution in [0.1, 0.15) is 38.1 Å². The molecule has 194 valence electrons. The highest BCUT2D eigenvalue weighted by Gasteiger charge is 2.30. The Morgan fingerprint density at radius 2 is 1.76 bits per heavy atom. The van der Waals surface area contributed by atoms with Gasteiger partial charge in [0, 0.05) is 46.5 Å². The van der Waals surface area contributed by atoms with Crippen molar-refractivity contribution in [1.29, 1.82) is 0 Å². The van der Waals surface area contributed by atoms with Crippen molar-refractivity contribution in [3.63, 3.8) is 0 Å². The second kappa shape index (κ2) is 9.32. The number of hydrogen-bond acceptors (Lipinski definition) is 6. The van der Waals surface area contributed by atoms with Gasteiger partial charge in [0.25, 0.3) is 5.56 Å². The van der Waals surface area contributed by atoms with Crippen LogP contribution < -0.4 is 10.9 Å². The molecular weight excluding hydrogens is 512 g/mol. The number of aromatic amines is 1. The number of nitrogens with one attached hydrogen (secondary N) is 2. The molecule has 1 aliphatic rings. The van der Waals surface area contributed by atoms with Crippen molar-refractivity contribution in [2.75, 3.05) is 5.32 Å². The maximum atomic E-state index is 14.5. The highest BCUT2D eigenvalue weighted by Crippen LogP contribution is 2.32. The molecule has 1 aliphatic carbocycles. The van der Waals surface area contributed by atoms with E-state index in [0.29, 0.717) is 29.9 Å². The predicted molar refractivity (Wildman–Crippen MR) is 139 cm³/mol. The summed E-state index contributed by atoms with van der Waals surface area (Å²) in [6, 6.07) is 10.7. The standard InChI is InChI=1S/C27H23F2N5O3S/c28-18-6-9-23(21(29)14-18)38(36,37)24-13-17-15-31-27(32-19-7-8-22-16(12-19)10-11-30-22)33-25(17)34(26(24)35)20-4-2-1-3-5-20/h6-15,20,30H,1-5H2,(H,31,32,33). The largest absolute Gasteiger partial charge is 0.361 e. The number of benzene rings is 2. The lowest BCUT2D eigenvalue weighted by Crippen LogP contribution is -2.31. The van der Waals surface area contributed by atoms with Crippen LogP contribution in [0.2, 0.25) is 0 Å². The Labute approximate surface area is 216 Å². The molecule has 0 saturated heterocycles. The van der Waals surface area contributed by atoms with Crippen LogP contribution >= 0.6 is 0 Å². The summed E-state index contributed by atoms with van der Waals surface area (Å²) in [5, 5.41) is 4.48. The molecule has 5 aromatic rings. The van der Waals surface area contributed by atoms with Crippen LogP contribution in [0, 0.1) is 11.6 Å². The number of anilines is 2. The first-order valence-corrected chi connectivity index (χ1v) is 13.8. The van der Waals surface area contributed by atoms with Crippen LogP contribution in [0.5, 0.6) is 0 Å². The fourth-order valence-corrected chi connectivity index (χ4v) is 6.51. The number of H-pyrrole nitrogens is 1. The van der Waals surface area contributed by atoms with Gasteiger partial charge in [-0.2, -0.15) is 4.98 Å². The van der Waals surface area contributed by atoms with E-state index in [0.717, 1.165) is 48.0 Å². The van der Waals surface area contributed by atoms with E-state index in [-0.39, 0.29) is 12.0 Å². The first kappa shape index (κ1) is 24.2. The summed E-state index contributed by atoms with van der Waals surface area (Å²) in [5.74, 6) is -1.93. The van der Waals surface area contributed by atoms with Gasteiger partial charge in [-0.25, -0.2) is 22.2 Å². The number of rotatable bonds is 5. The monoisotopic (exact) mass is 535 g/mol. The summed E-state index contributed by atoms with van der Waals surface area (Å²) < 4.78 is 56.2. The van der Waals surface area contributed by atoms with Crippen molar-refractivity contribution in [1.82, 2.24) is 19.5 Å². The van der Waals surface area contributed by atoms with Crippen molar-refractivity contribution >= 4 is 43.4 Å². The third-order valence-corrected chi connectivity index (χ3v) is 8.74. The molecule has 0 aliphatic heterocycles. The van der Waals surface area contributed by atoms with E-state index >= 15 is 0 Å². The van der Waals surface area contributed by atoms with Gasteiger partial charge in [-0.1, -0.05) is 19.3 Å². The topological polar surface area (TPSA) is 110 Å². The van der Waals surface area contributed by atoms with Gasteiger partial charge >= 0.3 is 0 Å². The molecule has 11 heteroatoms. The van der Waals surface area contributed by atoms with E-state index < -0.39 is 36.8 Å².